The van der Waals surface area contributed by atoms with E-state index in [0.29, 0.717) is 45.9 Å². The Morgan fingerprint density at radius 3 is 1.60 bits per heavy atom. The monoisotopic (exact) mass is 290 g/mol. The molecule has 0 unspecified atom stereocenters. The predicted octanol–water partition coefficient (Wildman–Crippen LogP) is 1.88. The molecule has 1 spiro atoms. The van der Waals surface area contributed by atoms with Gasteiger partial charge in [-0.05, 0) is 6.92 Å². The Hall–Kier alpha value is -0.240. The molecule has 0 saturated carbocycles. The van der Waals surface area contributed by atoms with Gasteiger partial charge in [0.25, 0.3) is 11.9 Å². The lowest BCUT2D eigenvalue weighted by Gasteiger charge is -2.49. The summed E-state index contributed by atoms with van der Waals surface area (Å²) < 4.78 is 34.1. The van der Waals surface area contributed by atoms with Crippen LogP contribution in [0.4, 0.5) is 0 Å². The van der Waals surface area contributed by atoms with E-state index in [0.717, 1.165) is 0 Å². The van der Waals surface area contributed by atoms with Gasteiger partial charge >= 0.3 is 0 Å². The van der Waals surface area contributed by atoms with Crippen molar-refractivity contribution in [2.24, 2.45) is 5.41 Å². The first kappa shape index (κ1) is 16.1. The van der Waals surface area contributed by atoms with Crippen molar-refractivity contribution in [2.75, 3.05) is 40.1 Å². The summed E-state index contributed by atoms with van der Waals surface area (Å²) in [5.74, 6) is -1.84. The highest BCUT2D eigenvalue weighted by molar-refractivity contribution is 4.86. The maximum Gasteiger partial charge on any atom is 0.282 e. The summed E-state index contributed by atoms with van der Waals surface area (Å²) in [6.07, 6.45) is 1.29. The summed E-state index contributed by atoms with van der Waals surface area (Å²) in [6.45, 7) is 8.38. The number of hydrogen-bond donors (Lipinski definition) is 0. The molecule has 118 valence electrons. The van der Waals surface area contributed by atoms with Crippen LogP contribution in [-0.2, 0) is 28.4 Å². The van der Waals surface area contributed by atoms with E-state index in [2.05, 4.69) is 0 Å². The van der Waals surface area contributed by atoms with Crippen LogP contribution in [0.15, 0.2) is 0 Å². The molecule has 2 aliphatic rings. The molecule has 0 amide bonds. The summed E-state index contributed by atoms with van der Waals surface area (Å²) in [5.41, 5.74) is -0.285. The number of ether oxygens (including phenoxy) is 6. The average molecular weight is 290 g/mol. The van der Waals surface area contributed by atoms with E-state index in [1.54, 1.807) is 7.11 Å². The minimum Gasteiger partial charge on any atom is -0.331 e. The Morgan fingerprint density at radius 2 is 1.25 bits per heavy atom. The lowest BCUT2D eigenvalue weighted by molar-refractivity contribution is -0.462. The largest absolute Gasteiger partial charge is 0.331 e. The molecule has 0 atom stereocenters. The number of methoxy groups -OCH3 is 1. The van der Waals surface area contributed by atoms with Crippen LogP contribution in [0.25, 0.3) is 0 Å². The van der Waals surface area contributed by atoms with Crippen LogP contribution in [0, 0.1) is 5.41 Å². The molecule has 0 bridgehead atoms. The summed E-state index contributed by atoms with van der Waals surface area (Å²) in [5, 5.41) is 0. The first-order valence-corrected chi connectivity index (χ1v) is 7.32. The Balaban J connectivity index is 1.94. The molecule has 0 radical (unpaired) electrons. The average Bonchev–Trinajstić information content (AvgIpc) is 2.52. The fraction of sp³-hybridized carbons (Fsp3) is 1.00. The van der Waals surface area contributed by atoms with Crippen molar-refractivity contribution in [1.29, 1.82) is 0 Å². The van der Waals surface area contributed by atoms with E-state index >= 15 is 0 Å². The summed E-state index contributed by atoms with van der Waals surface area (Å²) in [6, 6.07) is 0. The fourth-order valence-electron chi connectivity index (χ4n) is 2.46. The molecular formula is C14H26O6. The van der Waals surface area contributed by atoms with E-state index < -0.39 is 11.9 Å². The molecule has 0 aromatic heterocycles. The van der Waals surface area contributed by atoms with Gasteiger partial charge in [0.05, 0.1) is 31.8 Å². The molecule has 2 rings (SSSR count). The fourth-order valence-corrected chi connectivity index (χ4v) is 2.46. The summed E-state index contributed by atoms with van der Waals surface area (Å²) in [4.78, 5) is 0. The standard InChI is InChI=1S/C14H26O6/c1-5-13(15-4)17-8-12(9-18-13)10-19-14(6-2,16-7-3)20-11-12/h5-11H2,1-4H3. The van der Waals surface area contributed by atoms with Crippen molar-refractivity contribution in [3.63, 3.8) is 0 Å². The van der Waals surface area contributed by atoms with Crippen molar-refractivity contribution >= 4 is 0 Å². The zero-order valence-corrected chi connectivity index (χ0v) is 12.9. The zero-order chi connectivity index (χ0) is 14.7. The van der Waals surface area contributed by atoms with Gasteiger partial charge in [-0.3, -0.25) is 0 Å². The predicted molar refractivity (Wildman–Crippen MR) is 70.9 cm³/mol. The molecule has 2 fully saturated rings. The molecule has 0 aromatic rings. The van der Waals surface area contributed by atoms with E-state index in [1.807, 2.05) is 20.8 Å². The van der Waals surface area contributed by atoms with Gasteiger partial charge in [-0.1, -0.05) is 13.8 Å². The molecule has 0 aromatic carbocycles. The number of hydrogen-bond acceptors (Lipinski definition) is 6. The van der Waals surface area contributed by atoms with Crippen molar-refractivity contribution in [2.45, 2.75) is 45.6 Å². The van der Waals surface area contributed by atoms with E-state index in [4.69, 9.17) is 28.4 Å². The highest BCUT2D eigenvalue weighted by atomic mass is 16.9. The number of rotatable bonds is 5. The van der Waals surface area contributed by atoms with Gasteiger partial charge in [-0.15, -0.1) is 0 Å². The smallest absolute Gasteiger partial charge is 0.282 e. The van der Waals surface area contributed by atoms with E-state index in [9.17, 15) is 0 Å². The summed E-state index contributed by atoms with van der Waals surface area (Å²) in [7, 11) is 1.59. The molecule has 6 nitrogen and oxygen atoms in total. The first-order chi connectivity index (χ1) is 9.57. The summed E-state index contributed by atoms with van der Waals surface area (Å²) >= 11 is 0. The lowest BCUT2D eigenvalue weighted by Crippen LogP contribution is -2.59. The minimum atomic E-state index is -0.926. The van der Waals surface area contributed by atoms with Crippen LogP contribution in [0.2, 0.25) is 0 Å². The SMILES string of the molecule is CCOC1(CC)OCC2(COC(CC)(OC)OC2)CO1. The molecule has 6 heteroatoms. The van der Waals surface area contributed by atoms with E-state index in [1.165, 1.54) is 0 Å². The van der Waals surface area contributed by atoms with Gasteiger partial charge in [0.1, 0.15) is 0 Å². The Labute approximate surface area is 120 Å². The third-order valence-corrected chi connectivity index (χ3v) is 3.93. The van der Waals surface area contributed by atoms with Gasteiger partial charge in [0.15, 0.2) is 0 Å². The molecule has 0 N–H and O–H groups in total. The molecule has 2 aliphatic heterocycles. The maximum absolute atomic E-state index is 5.84. The van der Waals surface area contributed by atoms with Crippen molar-refractivity contribution in [3.8, 4) is 0 Å². The topological polar surface area (TPSA) is 55.4 Å². The second kappa shape index (κ2) is 6.25. The second-order valence-corrected chi connectivity index (χ2v) is 5.36. The van der Waals surface area contributed by atoms with Crippen LogP contribution < -0.4 is 0 Å². The highest BCUT2D eigenvalue weighted by Crippen LogP contribution is 2.39. The maximum atomic E-state index is 5.84. The van der Waals surface area contributed by atoms with Crippen LogP contribution in [0.1, 0.15) is 33.6 Å². The van der Waals surface area contributed by atoms with Crippen LogP contribution in [0.3, 0.4) is 0 Å². The van der Waals surface area contributed by atoms with Gasteiger partial charge < -0.3 is 28.4 Å². The van der Waals surface area contributed by atoms with Gasteiger partial charge in [0.2, 0.25) is 0 Å². The Bertz CT molecular complexity index is 295. The van der Waals surface area contributed by atoms with Crippen molar-refractivity contribution in [1.82, 2.24) is 0 Å². The quantitative estimate of drug-likeness (QED) is 0.770. The second-order valence-electron chi connectivity index (χ2n) is 5.36. The van der Waals surface area contributed by atoms with Gasteiger partial charge in [0, 0.05) is 26.6 Å². The van der Waals surface area contributed by atoms with Gasteiger partial charge in [-0.25, -0.2) is 0 Å². The molecule has 20 heavy (non-hydrogen) atoms. The van der Waals surface area contributed by atoms with Gasteiger partial charge in [-0.2, -0.15) is 0 Å². The molecular weight excluding hydrogens is 264 g/mol. The first-order valence-electron chi connectivity index (χ1n) is 7.32. The lowest BCUT2D eigenvalue weighted by atomic mass is 9.90. The van der Waals surface area contributed by atoms with Crippen LogP contribution in [-0.4, -0.2) is 52.1 Å². The Kier molecular flexibility index (Phi) is 5.05. The van der Waals surface area contributed by atoms with Crippen molar-refractivity contribution in [3.05, 3.63) is 0 Å². The Morgan fingerprint density at radius 1 is 0.800 bits per heavy atom. The minimum absolute atomic E-state index is 0.285. The molecule has 2 heterocycles. The molecule has 0 aliphatic carbocycles. The van der Waals surface area contributed by atoms with Crippen molar-refractivity contribution < 1.29 is 28.4 Å². The van der Waals surface area contributed by atoms with Crippen LogP contribution in [0.5, 0.6) is 0 Å². The third kappa shape index (κ3) is 3.00. The molecule has 2 saturated heterocycles. The zero-order valence-electron chi connectivity index (χ0n) is 12.9. The van der Waals surface area contributed by atoms with E-state index in [-0.39, 0.29) is 5.41 Å². The third-order valence-electron chi connectivity index (χ3n) is 3.93. The van der Waals surface area contributed by atoms with Crippen LogP contribution >= 0.6 is 0 Å². The highest BCUT2D eigenvalue weighted by Gasteiger charge is 2.50. The normalized spacial score (nSPS) is 42.0.